The molecular weight excluding hydrogens is 322 g/mol. The van der Waals surface area contributed by atoms with Crippen molar-refractivity contribution >= 4 is 5.91 Å². The van der Waals surface area contributed by atoms with Crippen LogP contribution in [0.25, 0.3) is 0 Å². The molecule has 3 rings (SSSR count). The zero-order valence-electron chi connectivity index (χ0n) is 14.5. The Labute approximate surface area is 146 Å². The molecule has 0 fully saturated rings. The largest absolute Gasteiger partial charge is 0.478 e. The normalized spacial score (nSPS) is 13.6. The van der Waals surface area contributed by atoms with Crippen LogP contribution in [0.15, 0.2) is 22.7 Å². The van der Waals surface area contributed by atoms with Crippen LogP contribution >= 0.6 is 0 Å². The molecule has 134 valence electrons. The minimum absolute atomic E-state index is 0.168. The number of ether oxygens (including phenoxy) is 1. The van der Waals surface area contributed by atoms with Crippen LogP contribution < -0.4 is 10.1 Å². The van der Waals surface area contributed by atoms with E-state index in [-0.39, 0.29) is 18.4 Å². The third kappa shape index (κ3) is 4.17. The van der Waals surface area contributed by atoms with E-state index in [9.17, 15) is 4.79 Å². The van der Waals surface area contributed by atoms with E-state index in [1.165, 1.54) is 17.5 Å². The molecule has 1 aromatic carbocycles. The number of aliphatic hydroxyl groups is 1. The van der Waals surface area contributed by atoms with Crippen LogP contribution in [-0.4, -0.2) is 33.3 Å². The quantitative estimate of drug-likeness (QED) is 0.790. The van der Waals surface area contributed by atoms with Crippen molar-refractivity contribution in [2.45, 2.75) is 51.7 Å². The van der Waals surface area contributed by atoms with Gasteiger partial charge in [0.25, 0.3) is 11.8 Å². The lowest BCUT2D eigenvalue weighted by atomic mass is 10.1. The first-order chi connectivity index (χ1) is 12.0. The molecule has 0 radical (unpaired) electrons. The first kappa shape index (κ1) is 17.4. The summed E-state index contributed by atoms with van der Waals surface area (Å²) in [5, 5.41) is 15.4. The van der Waals surface area contributed by atoms with Gasteiger partial charge in [-0.25, -0.2) is 0 Å². The molecule has 0 unspecified atom stereocenters. The Morgan fingerprint density at radius 1 is 1.36 bits per heavy atom. The minimum Gasteiger partial charge on any atom is -0.478 e. The summed E-state index contributed by atoms with van der Waals surface area (Å²) in [4.78, 5) is 16.4. The summed E-state index contributed by atoms with van der Waals surface area (Å²) in [6.07, 6.45) is 3.79. The van der Waals surface area contributed by atoms with Crippen LogP contribution in [0.5, 0.6) is 5.75 Å². The minimum atomic E-state index is -0.986. The highest BCUT2D eigenvalue weighted by Gasteiger charge is 2.30. The van der Waals surface area contributed by atoms with Gasteiger partial charge in [0.2, 0.25) is 0 Å². The van der Waals surface area contributed by atoms with Crippen LogP contribution in [0.2, 0.25) is 0 Å². The van der Waals surface area contributed by atoms with Crippen LogP contribution in [0, 0.1) is 0 Å². The molecule has 0 aliphatic heterocycles. The fourth-order valence-corrected chi connectivity index (χ4v) is 2.91. The van der Waals surface area contributed by atoms with Crippen molar-refractivity contribution in [3.05, 3.63) is 41.0 Å². The Hall–Kier alpha value is -2.41. The molecule has 1 aromatic heterocycles. The molecule has 2 aromatic rings. The molecule has 7 nitrogen and oxygen atoms in total. The smallest absolute Gasteiger partial charge is 0.263 e. The van der Waals surface area contributed by atoms with Crippen molar-refractivity contribution in [1.82, 2.24) is 15.5 Å². The molecule has 1 amide bonds. The molecule has 1 aliphatic carbocycles. The number of aliphatic hydroxyl groups excluding tert-OH is 1. The molecular formula is C18H23N3O4. The standard InChI is InChI=1S/C18H23N3O4/c1-18(2,24-14-7-6-12-4-3-5-13(12)10-14)17(23)19-9-8-15-20-16(11-22)25-21-15/h6-7,10,22H,3-5,8-9,11H2,1-2H3,(H,19,23). The van der Waals surface area contributed by atoms with Gasteiger partial charge < -0.3 is 19.7 Å². The Bertz CT molecular complexity index is 755. The lowest BCUT2D eigenvalue weighted by Gasteiger charge is -2.25. The fraction of sp³-hybridized carbons (Fsp3) is 0.500. The van der Waals surface area contributed by atoms with E-state index in [2.05, 4.69) is 21.5 Å². The van der Waals surface area contributed by atoms with Gasteiger partial charge in [0.05, 0.1) is 0 Å². The molecule has 1 heterocycles. The molecule has 0 spiro atoms. The van der Waals surface area contributed by atoms with Crippen LogP contribution in [0.4, 0.5) is 0 Å². The predicted molar refractivity (Wildman–Crippen MR) is 90.1 cm³/mol. The Morgan fingerprint density at radius 3 is 2.92 bits per heavy atom. The summed E-state index contributed by atoms with van der Waals surface area (Å²) in [6.45, 7) is 3.56. The number of amides is 1. The van der Waals surface area contributed by atoms with Crippen molar-refractivity contribution < 1.29 is 19.2 Å². The van der Waals surface area contributed by atoms with Crippen molar-refractivity contribution in [2.75, 3.05) is 6.54 Å². The number of fused-ring (bicyclic) bond motifs is 1. The van der Waals surface area contributed by atoms with Gasteiger partial charge in [-0.3, -0.25) is 4.79 Å². The third-order valence-corrected chi connectivity index (χ3v) is 4.27. The van der Waals surface area contributed by atoms with Crippen LogP contribution in [0.3, 0.4) is 0 Å². The molecule has 0 bridgehead atoms. The second-order valence-electron chi connectivity index (χ2n) is 6.66. The van der Waals surface area contributed by atoms with Crippen LogP contribution in [-0.2, 0) is 30.7 Å². The lowest BCUT2D eigenvalue weighted by Crippen LogP contribution is -2.47. The van der Waals surface area contributed by atoms with Crippen molar-refractivity contribution in [2.24, 2.45) is 0 Å². The first-order valence-corrected chi connectivity index (χ1v) is 8.49. The summed E-state index contributed by atoms with van der Waals surface area (Å²) in [6, 6.07) is 6.04. The maximum absolute atomic E-state index is 12.4. The van der Waals surface area contributed by atoms with Gasteiger partial charge in [0.1, 0.15) is 12.4 Å². The second-order valence-corrected chi connectivity index (χ2v) is 6.66. The van der Waals surface area contributed by atoms with E-state index in [1.807, 2.05) is 12.1 Å². The predicted octanol–water partition coefficient (Wildman–Crippen LogP) is 1.57. The average Bonchev–Trinajstić information content (AvgIpc) is 3.22. The molecule has 25 heavy (non-hydrogen) atoms. The SMILES string of the molecule is CC(C)(Oc1ccc2c(c1)CCC2)C(=O)NCCc1noc(CO)n1. The van der Waals surface area contributed by atoms with Gasteiger partial charge in [0, 0.05) is 13.0 Å². The summed E-state index contributed by atoms with van der Waals surface area (Å²) >= 11 is 0. The topological polar surface area (TPSA) is 97.5 Å². The highest BCUT2D eigenvalue weighted by molar-refractivity contribution is 5.84. The number of benzene rings is 1. The van der Waals surface area contributed by atoms with E-state index in [0.29, 0.717) is 24.5 Å². The summed E-state index contributed by atoms with van der Waals surface area (Å²) < 4.78 is 10.7. The molecule has 2 N–H and O–H groups in total. The van der Waals surface area contributed by atoms with Gasteiger partial charge in [-0.2, -0.15) is 4.98 Å². The Balaban J connectivity index is 1.53. The number of aryl methyl sites for hydroxylation is 2. The summed E-state index contributed by atoms with van der Waals surface area (Å²) in [7, 11) is 0. The Morgan fingerprint density at radius 2 is 2.16 bits per heavy atom. The number of nitrogens with one attached hydrogen (secondary N) is 1. The van der Waals surface area contributed by atoms with E-state index < -0.39 is 5.60 Å². The van der Waals surface area contributed by atoms with E-state index >= 15 is 0 Å². The van der Waals surface area contributed by atoms with Crippen molar-refractivity contribution in [3.8, 4) is 5.75 Å². The van der Waals surface area contributed by atoms with Crippen molar-refractivity contribution in [1.29, 1.82) is 0 Å². The zero-order chi connectivity index (χ0) is 17.9. The van der Waals surface area contributed by atoms with E-state index in [0.717, 1.165) is 12.8 Å². The molecule has 0 atom stereocenters. The molecule has 7 heteroatoms. The molecule has 0 saturated carbocycles. The lowest BCUT2D eigenvalue weighted by molar-refractivity contribution is -0.134. The number of aromatic nitrogens is 2. The number of carbonyl (C=O) groups excluding carboxylic acids is 1. The molecule has 1 aliphatic rings. The highest BCUT2D eigenvalue weighted by atomic mass is 16.5. The summed E-state index contributed by atoms with van der Waals surface area (Å²) in [5.41, 5.74) is 1.70. The van der Waals surface area contributed by atoms with Crippen molar-refractivity contribution in [3.63, 3.8) is 0 Å². The van der Waals surface area contributed by atoms with Gasteiger partial charge in [0.15, 0.2) is 11.4 Å². The number of hydrogen-bond acceptors (Lipinski definition) is 6. The Kier molecular flexibility index (Phi) is 5.03. The number of rotatable bonds is 7. The van der Waals surface area contributed by atoms with Gasteiger partial charge in [-0.05, 0) is 56.4 Å². The second kappa shape index (κ2) is 7.23. The maximum atomic E-state index is 12.4. The maximum Gasteiger partial charge on any atom is 0.263 e. The third-order valence-electron chi connectivity index (χ3n) is 4.27. The number of hydrogen-bond donors (Lipinski definition) is 2. The first-order valence-electron chi connectivity index (χ1n) is 8.49. The van der Waals surface area contributed by atoms with Crippen LogP contribution in [0.1, 0.15) is 43.1 Å². The van der Waals surface area contributed by atoms with Gasteiger partial charge in [-0.1, -0.05) is 11.2 Å². The monoisotopic (exact) mass is 345 g/mol. The summed E-state index contributed by atoms with van der Waals surface area (Å²) in [5.74, 6) is 1.12. The average molecular weight is 345 g/mol. The zero-order valence-corrected chi connectivity index (χ0v) is 14.5. The van der Waals surface area contributed by atoms with Gasteiger partial charge in [-0.15, -0.1) is 0 Å². The van der Waals surface area contributed by atoms with E-state index in [4.69, 9.17) is 14.4 Å². The number of nitrogens with zero attached hydrogens (tertiary/aromatic N) is 2. The fourth-order valence-electron chi connectivity index (χ4n) is 2.91. The number of carbonyl (C=O) groups is 1. The van der Waals surface area contributed by atoms with Gasteiger partial charge >= 0.3 is 0 Å². The molecule has 0 saturated heterocycles. The highest BCUT2D eigenvalue weighted by Crippen LogP contribution is 2.28. The van der Waals surface area contributed by atoms with E-state index in [1.54, 1.807) is 13.8 Å².